The number of aromatic nitrogens is 1. The van der Waals surface area contributed by atoms with E-state index in [9.17, 15) is 0 Å². The molecular formula is C15H20N2OS. The Morgan fingerprint density at radius 3 is 2.79 bits per heavy atom. The van der Waals surface area contributed by atoms with E-state index in [4.69, 9.17) is 10.5 Å². The number of rotatable bonds is 5. The van der Waals surface area contributed by atoms with Gasteiger partial charge >= 0.3 is 0 Å². The highest BCUT2D eigenvalue weighted by atomic mass is 32.1. The first-order chi connectivity index (χ1) is 9.11. The van der Waals surface area contributed by atoms with E-state index in [-0.39, 0.29) is 6.04 Å². The number of ether oxygens (including phenoxy) is 1. The third-order valence-corrected chi connectivity index (χ3v) is 3.96. The molecule has 2 aromatic rings. The third kappa shape index (κ3) is 3.41. The molecule has 4 heteroatoms. The summed E-state index contributed by atoms with van der Waals surface area (Å²) < 4.78 is 5.15. The summed E-state index contributed by atoms with van der Waals surface area (Å²) in [7, 11) is 1.70. The molecule has 0 fully saturated rings. The number of benzene rings is 1. The van der Waals surface area contributed by atoms with E-state index in [1.165, 1.54) is 0 Å². The predicted octanol–water partition coefficient (Wildman–Crippen LogP) is 3.46. The Labute approximate surface area is 118 Å². The Balaban J connectivity index is 2.22. The molecule has 0 saturated heterocycles. The van der Waals surface area contributed by atoms with Crippen molar-refractivity contribution in [2.75, 3.05) is 7.11 Å². The second-order valence-electron chi connectivity index (χ2n) is 4.92. The average molecular weight is 276 g/mol. The lowest BCUT2D eigenvalue weighted by Gasteiger charge is -2.10. The minimum atomic E-state index is -0.158. The third-order valence-electron chi connectivity index (χ3n) is 3.02. The summed E-state index contributed by atoms with van der Waals surface area (Å²) in [6.07, 6.45) is 0. The van der Waals surface area contributed by atoms with Gasteiger partial charge in [0.2, 0.25) is 0 Å². The molecule has 3 nitrogen and oxygen atoms in total. The van der Waals surface area contributed by atoms with Crippen LogP contribution in [0, 0.1) is 0 Å². The lowest BCUT2D eigenvalue weighted by atomic mass is 10.1. The Morgan fingerprint density at radius 2 is 2.16 bits per heavy atom. The van der Waals surface area contributed by atoms with Crippen LogP contribution in [0.3, 0.4) is 0 Å². The van der Waals surface area contributed by atoms with Crippen LogP contribution >= 0.6 is 11.3 Å². The number of nitrogens with zero attached hydrogens (tertiary/aromatic N) is 1. The Morgan fingerprint density at radius 1 is 1.37 bits per heavy atom. The summed E-state index contributed by atoms with van der Waals surface area (Å²) in [4.78, 5) is 4.62. The number of thiazole rings is 1. The number of hydrogen-bond acceptors (Lipinski definition) is 4. The molecule has 1 heterocycles. The highest BCUT2D eigenvalue weighted by molar-refractivity contribution is 7.09. The quantitative estimate of drug-likeness (QED) is 0.909. The van der Waals surface area contributed by atoms with Gasteiger partial charge < -0.3 is 10.5 Å². The normalized spacial score (nSPS) is 12.9. The average Bonchev–Trinajstić information content (AvgIpc) is 2.88. The van der Waals surface area contributed by atoms with Gasteiger partial charge in [0.15, 0.2) is 0 Å². The Bertz CT molecular complexity index is 536. The summed E-state index contributed by atoms with van der Waals surface area (Å²) in [6.45, 7) is 4.89. The highest BCUT2D eigenvalue weighted by Crippen LogP contribution is 2.26. The molecule has 1 atom stereocenters. The van der Waals surface area contributed by atoms with Gasteiger partial charge in [0.05, 0.1) is 18.3 Å². The van der Waals surface area contributed by atoms with Crippen LogP contribution in [-0.4, -0.2) is 12.1 Å². The van der Waals surface area contributed by atoms with E-state index < -0.39 is 0 Å². The minimum absolute atomic E-state index is 0.158. The first-order valence-corrected chi connectivity index (χ1v) is 7.28. The first kappa shape index (κ1) is 14.2. The van der Waals surface area contributed by atoms with Crippen molar-refractivity contribution < 1.29 is 4.74 Å². The summed E-state index contributed by atoms with van der Waals surface area (Å²) in [5.74, 6) is 0.442. The molecule has 2 rings (SSSR count). The van der Waals surface area contributed by atoms with Crippen molar-refractivity contribution in [3.05, 3.63) is 51.5 Å². The maximum atomic E-state index is 6.30. The molecule has 0 saturated carbocycles. The largest absolute Gasteiger partial charge is 0.380 e. The zero-order valence-electron chi connectivity index (χ0n) is 11.6. The number of nitrogens with two attached hydrogens (primary N) is 1. The molecule has 1 unspecified atom stereocenters. The van der Waals surface area contributed by atoms with Crippen LogP contribution < -0.4 is 5.73 Å². The van der Waals surface area contributed by atoms with Gasteiger partial charge in [0.1, 0.15) is 5.01 Å². The van der Waals surface area contributed by atoms with Crippen molar-refractivity contribution in [2.24, 2.45) is 5.73 Å². The second-order valence-corrected chi connectivity index (χ2v) is 5.81. The summed E-state index contributed by atoms with van der Waals surface area (Å²) >= 11 is 1.63. The number of hydrogen-bond donors (Lipinski definition) is 1. The molecule has 0 bridgehead atoms. The smallest absolute Gasteiger partial charge is 0.114 e. The molecule has 0 amide bonds. The van der Waals surface area contributed by atoms with Gasteiger partial charge in [0.25, 0.3) is 0 Å². The van der Waals surface area contributed by atoms with Crippen LogP contribution in [0.4, 0.5) is 0 Å². The van der Waals surface area contributed by atoms with Crippen molar-refractivity contribution in [3.63, 3.8) is 0 Å². The van der Waals surface area contributed by atoms with Crippen molar-refractivity contribution in [3.8, 4) is 0 Å². The fourth-order valence-electron chi connectivity index (χ4n) is 1.89. The SMILES string of the molecule is COCc1cccc(C(N)c2nc(C(C)C)cs2)c1. The molecule has 0 aliphatic rings. The molecular weight excluding hydrogens is 256 g/mol. The topological polar surface area (TPSA) is 48.1 Å². The van der Waals surface area contributed by atoms with E-state index in [0.717, 1.165) is 21.8 Å². The molecule has 102 valence electrons. The van der Waals surface area contributed by atoms with E-state index >= 15 is 0 Å². The molecule has 19 heavy (non-hydrogen) atoms. The molecule has 2 N–H and O–H groups in total. The van der Waals surface area contributed by atoms with E-state index in [0.29, 0.717) is 12.5 Å². The van der Waals surface area contributed by atoms with Crippen LogP contribution in [0.25, 0.3) is 0 Å². The van der Waals surface area contributed by atoms with Gasteiger partial charge in [-0.15, -0.1) is 11.3 Å². The van der Waals surface area contributed by atoms with Gasteiger partial charge in [-0.3, -0.25) is 0 Å². The molecule has 0 aliphatic carbocycles. The fourth-order valence-corrected chi connectivity index (χ4v) is 2.90. The van der Waals surface area contributed by atoms with E-state index in [1.807, 2.05) is 18.2 Å². The summed E-state index contributed by atoms with van der Waals surface area (Å²) in [5, 5.41) is 3.07. The Hall–Kier alpha value is -1.23. The molecule has 1 aromatic carbocycles. The number of methoxy groups -OCH3 is 1. The maximum absolute atomic E-state index is 6.30. The van der Waals surface area contributed by atoms with Gasteiger partial charge in [0, 0.05) is 12.5 Å². The van der Waals surface area contributed by atoms with Crippen molar-refractivity contribution in [1.29, 1.82) is 0 Å². The van der Waals surface area contributed by atoms with Gasteiger partial charge in [-0.05, 0) is 17.0 Å². The summed E-state index contributed by atoms with van der Waals surface area (Å²) in [6, 6.07) is 8.03. The molecule has 0 radical (unpaired) electrons. The van der Waals surface area contributed by atoms with Crippen molar-refractivity contribution in [2.45, 2.75) is 32.4 Å². The standard InChI is InChI=1S/C15H20N2OS/c1-10(2)13-9-19-15(17-13)14(16)12-6-4-5-11(7-12)8-18-3/h4-7,9-10,14H,8,16H2,1-3H3. The summed E-state index contributed by atoms with van der Waals surface area (Å²) in [5.41, 5.74) is 9.63. The van der Waals surface area contributed by atoms with Crippen LogP contribution in [0.15, 0.2) is 29.6 Å². The van der Waals surface area contributed by atoms with E-state index in [2.05, 4.69) is 30.3 Å². The van der Waals surface area contributed by atoms with Gasteiger partial charge in [-0.1, -0.05) is 38.1 Å². The Kier molecular flexibility index (Phi) is 4.69. The zero-order valence-corrected chi connectivity index (χ0v) is 12.4. The van der Waals surface area contributed by atoms with E-state index in [1.54, 1.807) is 18.4 Å². The molecule has 1 aromatic heterocycles. The minimum Gasteiger partial charge on any atom is -0.380 e. The zero-order chi connectivity index (χ0) is 13.8. The van der Waals surface area contributed by atoms with Crippen LogP contribution in [0.1, 0.15) is 47.6 Å². The maximum Gasteiger partial charge on any atom is 0.114 e. The van der Waals surface area contributed by atoms with Crippen LogP contribution in [0.5, 0.6) is 0 Å². The molecule has 0 aliphatic heterocycles. The van der Waals surface area contributed by atoms with Crippen LogP contribution in [-0.2, 0) is 11.3 Å². The van der Waals surface area contributed by atoms with Crippen LogP contribution in [0.2, 0.25) is 0 Å². The lowest BCUT2D eigenvalue weighted by molar-refractivity contribution is 0.185. The second kappa shape index (κ2) is 6.28. The van der Waals surface area contributed by atoms with Crippen molar-refractivity contribution in [1.82, 2.24) is 4.98 Å². The first-order valence-electron chi connectivity index (χ1n) is 6.40. The molecule has 0 spiro atoms. The van der Waals surface area contributed by atoms with Gasteiger partial charge in [-0.2, -0.15) is 0 Å². The fraction of sp³-hybridized carbons (Fsp3) is 0.400. The van der Waals surface area contributed by atoms with Gasteiger partial charge in [-0.25, -0.2) is 4.98 Å². The lowest BCUT2D eigenvalue weighted by Crippen LogP contribution is -2.12. The van der Waals surface area contributed by atoms with Crippen molar-refractivity contribution >= 4 is 11.3 Å². The predicted molar refractivity (Wildman–Crippen MR) is 79.4 cm³/mol. The monoisotopic (exact) mass is 276 g/mol. The highest BCUT2D eigenvalue weighted by Gasteiger charge is 2.14.